The van der Waals surface area contributed by atoms with Crippen LogP contribution in [0.3, 0.4) is 0 Å². The summed E-state index contributed by atoms with van der Waals surface area (Å²) in [5.41, 5.74) is 2.04. The Labute approximate surface area is 130 Å². The highest BCUT2D eigenvalue weighted by atomic mass is 32.2. The maximum Gasteiger partial charge on any atom is 0.128 e. The van der Waals surface area contributed by atoms with Gasteiger partial charge in [0.1, 0.15) is 16.7 Å². The van der Waals surface area contributed by atoms with Gasteiger partial charge in [-0.05, 0) is 56.9 Å². The van der Waals surface area contributed by atoms with Crippen molar-refractivity contribution in [3.63, 3.8) is 0 Å². The summed E-state index contributed by atoms with van der Waals surface area (Å²) in [4.78, 5) is 0.916. The fraction of sp³-hybridized carbons (Fsp3) is 0.625. The van der Waals surface area contributed by atoms with Crippen LogP contribution in [0.5, 0.6) is 5.75 Å². The van der Waals surface area contributed by atoms with Gasteiger partial charge in [0, 0.05) is 19.2 Å². The van der Waals surface area contributed by atoms with Gasteiger partial charge in [0.05, 0.1) is 18.6 Å². The molecule has 1 unspecified atom stereocenters. The summed E-state index contributed by atoms with van der Waals surface area (Å²) in [7, 11) is 0.528. The van der Waals surface area contributed by atoms with Crippen LogP contribution in [0, 0.1) is 13.8 Å². The lowest BCUT2D eigenvalue weighted by atomic mass is 10.1. The van der Waals surface area contributed by atoms with Crippen LogP contribution in [0.4, 0.5) is 0 Å². The average molecular weight is 311 g/mol. The third kappa shape index (κ3) is 4.05. The van der Waals surface area contributed by atoms with Gasteiger partial charge < -0.3 is 9.47 Å². The van der Waals surface area contributed by atoms with Crippen LogP contribution in [0.15, 0.2) is 17.0 Å². The van der Waals surface area contributed by atoms with Gasteiger partial charge in [0.15, 0.2) is 0 Å². The summed E-state index contributed by atoms with van der Waals surface area (Å²) in [6.45, 7) is 8.03. The van der Waals surface area contributed by atoms with Gasteiger partial charge in [-0.2, -0.15) is 0 Å². The number of hydrogen-bond acceptors (Lipinski definition) is 3. The minimum Gasteiger partial charge on any atom is -0.497 e. The van der Waals surface area contributed by atoms with E-state index < -0.39 is 11.0 Å². The summed E-state index contributed by atoms with van der Waals surface area (Å²) in [6.07, 6.45) is 2.26. The van der Waals surface area contributed by atoms with E-state index in [1.165, 1.54) is 0 Å². The lowest BCUT2D eigenvalue weighted by molar-refractivity contribution is 0.134. The smallest absolute Gasteiger partial charge is 0.128 e. The molecule has 1 atom stereocenters. The van der Waals surface area contributed by atoms with Crippen molar-refractivity contribution in [2.24, 2.45) is 0 Å². The molecule has 0 saturated heterocycles. The van der Waals surface area contributed by atoms with Crippen LogP contribution in [0.1, 0.15) is 30.9 Å². The third-order valence-electron chi connectivity index (χ3n) is 3.67. The molecule has 0 aromatic heterocycles. The van der Waals surface area contributed by atoms with Gasteiger partial charge in [-0.25, -0.2) is 8.51 Å². The van der Waals surface area contributed by atoms with E-state index >= 15 is 0 Å². The maximum atomic E-state index is 13.0. The first kappa shape index (κ1) is 16.5. The second kappa shape index (κ2) is 7.38. The quantitative estimate of drug-likeness (QED) is 0.693. The molecule has 1 aromatic rings. The Hall–Kier alpha value is -0.910. The summed E-state index contributed by atoms with van der Waals surface area (Å²) in [6, 6.07) is 4.34. The Balaban J connectivity index is 2.20. The molecule has 1 aliphatic carbocycles. The van der Waals surface area contributed by atoms with Gasteiger partial charge in [0.2, 0.25) is 0 Å². The molecule has 1 fully saturated rings. The van der Waals surface area contributed by atoms with Crippen LogP contribution in [-0.4, -0.2) is 41.4 Å². The van der Waals surface area contributed by atoms with E-state index in [2.05, 4.69) is 4.31 Å². The fourth-order valence-corrected chi connectivity index (χ4v) is 4.11. The second-order valence-electron chi connectivity index (χ2n) is 5.41. The first-order valence-electron chi connectivity index (χ1n) is 7.50. The average Bonchev–Trinajstić information content (AvgIpc) is 3.27. The lowest BCUT2D eigenvalue weighted by Gasteiger charge is -2.23. The molecule has 21 heavy (non-hydrogen) atoms. The highest BCUT2D eigenvalue weighted by molar-refractivity contribution is 7.82. The van der Waals surface area contributed by atoms with Crippen molar-refractivity contribution in [3.8, 4) is 5.75 Å². The highest BCUT2D eigenvalue weighted by Gasteiger charge is 2.34. The number of aryl methyl sites for hydroxylation is 2. The van der Waals surface area contributed by atoms with Crippen molar-refractivity contribution >= 4 is 11.0 Å². The van der Waals surface area contributed by atoms with Crippen LogP contribution in [-0.2, 0) is 15.7 Å². The largest absolute Gasteiger partial charge is 0.497 e. The van der Waals surface area contributed by atoms with Crippen molar-refractivity contribution in [1.82, 2.24) is 4.31 Å². The molecule has 0 N–H and O–H groups in total. The number of methoxy groups -OCH3 is 1. The third-order valence-corrected chi connectivity index (χ3v) is 5.57. The summed E-state index contributed by atoms with van der Waals surface area (Å²) >= 11 is 0. The molecule has 118 valence electrons. The Morgan fingerprint density at radius 1 is 1.29 bits per heavy atom. The zero-order chi connectivity index (χ0) is 15.4. The molecule has 0 spiro atoms. The van der Waals surface area contributed by atoms with Crippen molar-refractivity contribution in [2.75, 3.05) is 26.9 Å². The normalized spacial score (nSPS) is 16.2. The van der Waals surface area contributed by atoms with E-state index in [9.17, 15) is 4.21 Å². The summed E-state index contributed by atoms with van der Waals surface area (Å²) in [5, 5.41) is 0. The van der Waals surface area contributed by atoms with Crippen molar-refractivity contribution < 1.29 is 13.7 Å². The molecule has 0 bridgehead atoms. The number of nitrogens with zero attached hydrogens (tertiary/aromatic N) is 1. The molecule has 0 radical (unpaired) electrons. The molecular weight excluding hydrogens is 286 g/mol. The van der Waals surface area contributed by atoms with Gasteiger partial charge in [-0.15, -0.1) is 0 Å². The molecule has 5 heteroatoms. The van der Waals surface area contributed by atoms with E-state index in [0.717, 1.165) is 41.2 Å². The predicted molar refractivity (Wildman–Crippen MR) is 85.1 cm³/mol. The van der Waals surface area contributed by atoms with Crippen LogP contribution in [0.2, 0.25) is 0 Å². The zero-order valence-electron chi connectivity index (χ0n) is 13.3. The van der Waals surface area contributed by atoms with E-state index in [1.807, 2.05) is 32.9 Å². The monoisotopic (exact) mass is 311 g/mol. The highest BCUT2D eigenvalue weighted by Crippen LogP contribution is 2.33. The molecule has 0 heterocycles. The number of benzene rings is 1. The Bertz CT molecular complexity index is 491. The van der Waals surface area contributed by atoms with E-state index in [4.69, 9.17) is 9.47 Å². The van der Waals surface area contributed by atoms with Gasteiger partial charge in [-0.3, -0.25) is 0 Å². The molecule has 1 aliphatic rings. The minimum atomic E-state index is -1.13. The van der Waals surface area contributed by atoms with E-state index in [0.29, 0.717) is 19.3 Å². The molecule has 0 aliphatic heterocycles. The van der Waals surface area contributed by atoms with Crippen LogP contribution >= 0.6 is 0 Å². The minimum absolute atomic E-state index is 0.437. The first-order valence-corrected chi connectivity index (χ1v) is 8.60. The molecule has 1 saturated carbocycles. The van der Waals surface area contributed by atoms with Crippen LogP contribution in [0.25, 0.3) is 0 Å². The molecule has 0 amide bonds. The SMILES string of the molecule is CCOCCN(C1CC1)S(=O)c1c(C)cc(OC)cc1C. The predicted octanol–water partition coefficient (Wildman–Crippen LogP) is 2.84. The maximum absolute atomic E-state index is 13.0. The number of rotatable bonds is 8. The fourth-order valence-electron chi connectivity index (χ4n) is 2.48. The molecule has 1 aromatic carbocycles. The Morgan fingerprint density at radius 3 is 2.38 bits per heavy atom. The first-order chi connectivity index (χ1) is 10.1. The van der Waals surface area contributed by atoms with Crippen molar-refractivity contribution in [2.45, 2.75) is 44.6 Å². The Kier molecular flexibility index (Phi) is 5.79. The van der Waals surface area contributed by atoms with E-state index in [1.54, 1.807) is 7.11 Å². The zero-order valence-corrected chi connectivity index (χ0v) is 14.2. The standard InChI is InChI=1S/C16H25NO3S/c1-5-20-9-8-17(14-6-7-14)21(18)16-12(2)10-15(19-4)11-13(16)3/h10-11,14H,5-9H2,1-4H3. The summed E-state index contributed by atoms with van der Waals surface area (Å²) in [5.74, 6) is 0.818. The van der Waals surface area contributed by atoms with Crippen LogP contribution < -0.4 is 4.74 Å². The number of ether oxygens (including phenoxy) is 2. The second-order valence-corrected chi connectivity index (χ2v) is 6.78. The van der Waals surface area contributed by atoms with Gasteiger partial charge in [0.25, 0.3) is 0 Å². The molecular formula is C16H25NO3S. The summed E-state index contributed by atoms with van der Waals surface area (Å²) < 4.78 is 25.8. The van der Waals surface area contributed by atoms with Crippen molar-refractivity contribution in [3.05, 3.63) is 23.3 Å². The van der Waals surface area contributed by atoms with Gasteiger partial charge in [-0.1, -0.05) is 0 Å². The topological polar surface area (TPSA) is 38.8 Å². The van der Waals surface area contributed by atoms with E-state index in [-0.39, 0.29) is 0 Å². The Morgan fingerprint density at radius 2 is 1.90 bits per heavy atom. The molecule has 2 rings (SSSR count). The lowest BCUT2D eigenvalue weighted by Crippen LogP contribution is -2.32. The van der Waals surface area contributed by atoms with Gasteiger partial charge >= 0.3 is 0 Å². The van der Waals surface area contributed by atoms with Crippen molar-refractivity contribution in [1.29, 1.82) is 0 Å². The number of hydrogen-bond donors (Lipinski definition) is 0. The molecule has 4 nitrogen and oxygen atoms in total.